The zero-order valence-corrected chi connectivity index (χ0v) is 12.0. The van der Waals surface area contributed by atoms with Crippen LogP contribution in [0.5, 0.6) is 0 Å². The maximum absolute atomic E-state index is 13.3. The van der Waals surface area contributed by atoms with E-state index in [1.54, 1.807) is 0 Å². The predicted molar refractivity (Wildman–Crippen MR) is 74.4 cm³/mol. The third-order valence-electron chi connectivity index (χ3n) is 4.18. The Hall–Kier alpha value is -0.960. The molecule has 0 amide bonds. The maximum atomic E-state index is 13.3. The summed E-state index contributed by atoms with van der Waals surface area (Å²) < 4.78 is 26.6. The van der Waals surface area contributed by atoms with E-state index in [1.807, 2.05) is 12.1 Å². The number of alkyl halides is 2. The standard InChI is InChI=1S/C16H23F2N/c1-14(2,3)12-5-4-6-13(11-12)15(19)7-9-16(17,18)10-8-15/h4-6,11H,7-10,19H2,1-3H3. The van der Waals surface area contributed by atoms with Crippen LogP contribution in [-0.4, -0.2) is 5.92 Å². The molecular weight excluding hydrogens is 244 g/mol. The largest absolute Gasteiger partial charge is 0.321 e. The lowest BCUT2D eigenvalue weighted by Crippen LogP contribution is -2.43. The summed E-state index contributed by atoms with van der Waals surface area (Å²) in [6.45, 7) is 6.43. The van der Waals surface area contributed by atoms with Gasteiger partial charge in [-0.15, -0.1) is 0 Å². The zero-order chi connectivity index (χ0) is 14.3. The van der Waals surface area contributed by atoms with Crippen molar-refractivity contribution in [2.45, 2.75) is 63.3 Å². The van der Waals surface area contributed by atoms with Crippen molar-refractivity contribution >= 4 is 0 Å². The Balaban J connectivity index is 2.27. The minimum Gasteiger partial charge on any atom is -0.321 e. The third-order valence-corrected chi connectivity index (χ3v) is 4.18. The molecule has 1 aliphatic carbocycles. The SMILES string of the molecule is CC(C)(C)c1cccc(C2(N)CCC(F)(F)CC2)c1. The van der Waals surface area contributed by atoms with Gasteiger partial charge in [0.15, 0.2) is 0 Å². The maximum Gasteiger partial charge on any atom is 0.248 e. The van der Waals surface area contributed by atoms with Gasteiger partial charge in [-0.2, -0.15) is 0 Å². The van der Waals surface area contributed by atoms with Crippen LogP contribution in [0, 0.1) is 0 Å². The van der Waals surface area contributed by atoms with Crippen molar-refractivity contribution in [3.8, 4) is 0 Å². The highest BCUT2D eigenvalue weighted by atomic mass is 19.3. The second-order valence-corrected chi connectivity index (χ2v) is 6.84. The molecule has 1 aromatic carbocycles. The summed E-state index contributed by atoms with van der Waals surface area (Å²) in [5.41, 5.74) is 8.03. The molecule has 1 saturated carbocycles. The highest BCUT2D eigenvalue weighted by Crippen LogP contribution is 2.42. The van der Waals surface area contributed by atoms with Crippen LogP contribution in [0.4, 0.5) is 8.78 Å². The Morgan fingerprint density at radius 3 is 2.16 bits per heavy atom. The molecule has 0 spiro atoms. The molecule has 0 unspecified atom stereocenters. The summed E-state index contributed by atoms with van der Waals surface area (Å²) >= 11 is 0. The van der Waals surface area contributed by atoms with E-state index in [0.717, 1.165) is 5.56 Å². The molecular formula is C16H23F2N. The number of nitrogens with two attached hydrogens (primary N) is 1. The van der Waals surface area contributed by atoms with Crippen LogP contribution >= 0.6 is 0 Å². The second-order valence-electron chi connectivity index (χ2n) is 6.84. The molecule has 0 saturated heterocycles. The number of benzene rings is 1. The molecule has 19 heavy (non-hydrogen) atoms. The summed E-state index contributed by atoms with van der Waals surface area (Å²) in [6, 6.07) is 8.11. The topological polar surface area (TPSA) is 26.0 Å². The Morgan fingerprint density at radius 2 is 1.63 bits per heavy atom. The van der Waals surface area contributed by atoms with Crippen molar-refractivity contribution in [2.75, 3.05) is 0 Å². The Morgan fingerprint density at radius 1 is 1.05 bits per heavy atom. The number of hydrogen-bond acceptors (Lipinski definition) is 1. The number of halogens is 2. The molecule has 106 valence electrons. The fourth-order valence-electron chi connectivity index (χ4n) is 2.65. The van der Waals surface area contributed by atoms with Crippen LogP contribution in [0.3, 0.4) is 0 Å². The van der Waals surface area contributed by atoms with Crippen LogP contribution in [-0.2, 0) is 11.0 Å². The van der Waals surface area contributed by atoms with E-state index in [-0.39, 0.29) is 18.3 Å². The molecule has 1 fully saturated rings. The third kappa shape index (κ3) is 3.14. The molecule has 3 heteroatoms. The van der Waals surface area contributed by atoms with Crippen molar-refractivity contribution in [3.05, 3.63) is 35.4 Å². The fourth-order valence-corrected chi connectivity index (χ4v) is 2.65. The first-order valence-corrected chi connectivity index (χ1v) is 6.90. The molecule has 1 aromatic rings. The first kappa shape index (κ1) is 14.4. The molecule has 0 bridgehead atoms. The van der Waals surface area contributed by atoms with Gasteiger partial charge in [0.1, 0.15) is 0 Å². The first-order chi connectivity index (χ1) is 8.62. The van der Waals surface area contributed by atoms with Crippen molar-refractivity contribution in [2.24, 2.45) is 5.73 Å². The van der Waals surface area contributed by atoms with Gasteiger partial charge < -0.3 is 5.73 Å². The lowest BCUT2D eigenvalue weighted by atomic mass is 9.74. The van der Waals surface area contributed by atoms with Gasteiger partial charge in [-0.1, -0.05) is 45.0 Å². The normalized spacial score (nSPS) is 22.2. The Bertz CT molecular complexity index is 450. The summed E-state index contributed by atoms with van der Waals surface area (Å²) in [4.78, 5) is 0. The lowest BCUT2D eigenvalue weighted by Gasteiger charge is -2.38. The summed E-state index contributed by atoms with van der Waals surface area (Å²) in [7, 11) is 0. The first-order valence-electron chi connectivity index (χ1n) is 6.90. The van der Waals surface area contributed by atoms with Gasteiger partial charge in [0, 0.05) is 18.4 Å². The highest BCUT2D eigenvalue weighted by molar-refractivity contribution is 5.33. The van der Waals surface area contributed by atoms with Gasteiger partial charge in [0.2, 0.25) is 5.92 Å². The van der Waals surface area contributed by atoms with Crippen LogP contribution in [0.15, 0.2) is 24.3 Å². The molecule has 1 nitrogen and oxygen atoms in total. The molecule has 0 aromatic heterocycles. The minimum atomic E-state index is -2.54. The number of hydrogen-bond donors (Lipinski definition) is 1. The van der Waals surface area contributed by atoms with Crippen LogP contribution < -0.4 is 5.73 Å². The van der Waals surface area contributed by atoms with Gasteiger partial charge in [0.05, 0.1) is 0 Å². The van der Waals surface area contributed by atoms with E-state index < -0.39 is 11.5 Å². The molecule has 2 rings (SSSR count). The quantitative estimate of drug-likeness (QED) is 0.804. The fraction of sp³-hybridized carbons (Fsp3) is 0.625. The highest BCUT2D eigenvalue weighted by Gasteiger charge is 2.42. The Kier molecular flexibility index (Phi) is 3.46. The lowest BCUT2D eigenvalue weighted by molar-refractivity contribution is -0.0514. The van der Waals surface area contributed by atoms with Gasteiger partial charge in [-0.05, 0) is 29.4 Å². The van der Waals surface area contributed by atoms with Crippen molar-refractivity contribution in [1.82, 2.24) is 0 Å². The van der Waals surface area contributed by atoms with Gasteiger partial charge in [0.25, 0.3) is 0 Å². The Labute approximate surface area is 114 Å². The molecule has 0 aliphatic heterocycles. The van der Waals surface area contributed by atoms with E-state index in [2.05, 4.69) is 32.9 Å². The average Bonchev–Trinajstić information content (AvgIpc) is 2.33. The van der Waals surface area contributed by atoms with Crippen molar-refractivity contribution in [3.63, 3.8) is 0 Å². The van der Waals surface area contributed by atoms with E-state index in [0.29, 0.717) is 12.8 Å². The van der Waals surface area contributed by atoms with Crippen molar-refractivity contribution < 1.29 is 8.78 Å². The minimum absolute atomic E-state index is 0.0466. The smallest absolute Gasteiger partial charge is 0.248 e. The van der Waals surface area contributed by atoms with Gasteiger partial charge in [-0.3, -0.25) is 0 Å². The molecule has 0 atom stereocenters. The molecule has 0 radical (unpaired) electrons. The summed E-state index contributed by atoms with van der Waals surface area (Å²) in [5, 5.41) is 0. The van der Waals surface area contributed by atoms with E-state index in [9.17, 15) is 8.78 Å². The summed E-state index contributed by atoms with van der Waals surface area (Å²) in [5.74, 6) is -2.54. The van der Waals surface area contributed by atoms with E-state index in [1.165, 1.54) is 5.56 Å². The molecule has 2 N–H and O–H groups in total. The van der Waals surface area contributed by atoms with Gasteiger partial charge >= 0.3 is 0 Å². The zero-order valence-electron chi connectivity index (χ0n) is 12.0. The second kappa shape index (κ2) is 4.55. The van der Waals surface area contributed by atoms with E-state index in [4.69, 9.17) is 5.73 Å². The van der Waals surface area contributed by atoms with Crippen LogP contribution in [0.25, 0.3) is 0 Å². The predicted octanol–water partition coefficient (Wildman–Crippen LogP) is 4.35. The molecule has 0 heterocycles. The van der Waals surface area contributed by atoms with E-state index >= 15 is 0 Å². The monoisotopic (exact) mass is 267 g/mol. The van der Waals surface area contributed by atoms with Crippen LogP contribution in [0.1, 0.15) is 57.6 Å². The molecule has 1 aliphatic rings. The summed E-state index contributed by atoms with van der Waals surface area (Å²) in [6.07, 6.45) is 0.494. The van der Waals surface area contributed by atoms with Crippen molar-refractivity contribution in [1.29, 1.82) is 0 Å². The van der Waals surface area contributed by atoms with Gasteiger partial charge in [-0.25, -0.2) is 8.78 Å². The number of rotatable bonds is 1. The average molecular weight is 267 g/mol. The van der Waals surface area contributed by atoms with Crippen LogP contribution in [0.2, 0.25) is 0 Å².